The molecule has 0 N–H and O–H groups in total. The van der Waals surface area contributed by atoms with Crippen molar-refractivity contribution >= 4 is 33.0 Å². The standard InChI is InChI=1S/C10H7ClN4OS/c1-14-4-6(2-12-14)8-5-15-10(17-8)7(3-13-15)9(11)16/h2-5H,1H3. The van der Waals surface area contributed by atoms with Crippen molar-refractivity contribution < 1.29 is 4.79 Å². The zero-order chi connectivity index (χ0) is 12.0. The number of halogens is 1. The lowest BCUT2D eigenvalue weighted by molar-refractivity contribution is 0.108. The molecule has 3 rings (SSSR count). The molecule has 0 aliphatic rings. The highest BCUT2D eigenvalue weighted by atomic mass is 35.5. The molecule has 0 spiro atoms. The normalized spacial score (nSPS) is 11.2. The minimum Gasteiger partial charge on any atom is -0.275 e. The highest BCUT2D eigenvalue weighted by molar-refractivity contribution is 7.21. The molecule has 0 aliphatic heterocycles. The van der Waals surface area contributed by atoms with Crippen molar-refractivity contribution in [3.05, 3.63) is 30.4 Å². The molecule has 86 valence electrons. The lowest BCUT2D eigenvalue weighted by atomic mass is 10.3. The molecular formula is C10H7ClN4OS. The fraction of sp³-hybridized carbons (Fsp3) is 0.100. The van der Waals surface area contributed by atoms with E-state index in [0.717, 1.165) is 15.3 Å². The molecule has 5 nitrogen and oxygen atoms in total. The highest BCUT2D eigenvalue weighted by Crippen LogP contribution is 2.30. The van der Waals surface area contributed by atoms with E-state index in [1.807, 2.05) is 19.4 Å². The lowest BCUT2D eigenvalue weighted by Gasteiger charge is -1.86. The first-order valence-corrected chi connectivity index (χ1v) is 6.00. The molecule has 0 radical (unpaired) electrons. The second-order valence-electron chi connectivity index (χ2n) is 3.58. The summed E-state index contributed by atoms with van der Waals surface area (Å²) in [5, 5.41) is 7.71. The van der Waals surface area contributed by atoms with Crippen LogP contribution in [-0.2, 0) is 7.05 Å². The van der Waals surface area contributed by atoms with Gasteiger partial charge in [0.2, 0.25) is 0 Å². The molecule has 0 saturated heterocycles. The van der Waals surface area contributed by atoms with E-state index in [-0.39, 0.29) is 0 Å². The van der Waals surface area contributed by atoms with Crippen molar-refractivity contribution in [1.29, 1.82) is 0 Å². The lowest BCUT2D eigenvalue weighted by Crippen LogP contribution is -1.83. The summed E-state index contributed by atoms with van der Waals surface area (Å²) in [5.74, 6) is 0. The van der Waals surface area contributed by atoms with Crippen LogP contribution >= 0.6 is 22.9 Å². The molecule has 7 heteroatoms. The summed E-state index contributed by atoms with van der Waals surface area (Å²) in [5.41, 5.74) is 1.43. The fourth-order valence-electron chi connectivity index (χ4n) is 1.60. The number of aryl methyl sites for hydroxylation is 1. The maximum absolute atomic E-state index is 11.2. The van der Waals surface area contributed by atoms with Gasteiger partial charge in [0.25, 0.3) is 5.24 Å². The van der Waals surface area contributed by atoms with E-state index in [2.05, 4.69) is 10.2 Å². The minimum atomic E-state index is -0.486. The van der Waals surface area contributed by atoms with E-state index in [1.54, 1.807) is 15.4 Å². The van der Waals surface area contributed by atoms with Crippen molar-refractivity contribution in [3.63, 3.8) is 0 Å². The molecule has 0 aromatic carbocycles. The van der Waals surface area contributed by atoms with Gasteiger partial charge in [-0.15, -0.1) is 11.3 Å². The van der Waals surface area contributed by atoms with E-state index < -0.39 is 5.24 Å². The van der Waals surface area contributed by atoms with Gasteiger partial charge < -0.3 is 0 Å². The predicted molar refractivity (Wildman–Crippen MR) is 65.5 cm³/mol. The topological polar surface area (TPSA) is 52.2 Å². The smallest absolute Gasteiger partial charge is 0.257 e. The van der Waals surface area contributed by atoms with Gasteiger partial charge in [-0.2, -0.15) is 10.2 Å². The van der Waals surface area contributed by atoms with Crippen LogP contribution in [0.4, 0.5) is 0 Å². The third-order valence-electron chi connectivity index (χ3n) is 2.40. The summed E-state index contributed by atoms with van der Waals surface area (Å²) >= 11 is 6.95. The number of fused-ring (bicyclic) bond motifs is 1. The summed E-state index contributed by atoms with van der Waals surface area (Å²) in [7, 11) is 1.86. The number of carbonyl (C=O) groups excluding carboxylic acids is 1. The van der Waals surface area contributed by atoms with Crippen molar-refractivity contribution in [1.82, 2.24) is 19.4 Å². The Balaban J connectivity index is 2.17. The average molecular weight is 267 g/mol. The number of hydrogen-bond acceptors (Lipinski definition) is 4. The zero-order valence-electron chi connectivity index (χ0n) is 8.79. The number of aromatic nitrogens is 4. The second kappa shape index (κ2) is 3.68. The van der Waals surface area contributed by atoms with Crippen LogP contribution in [0, 0.1) is 0 Å². The molecule has 0 atom stereocenters. The van der Waals surface area contributed by atoms with Gasteiger partial charge in [0.05, 0.1) is 22.8 Å². The number of rotatable bonds is 2. The SMILES string of the molecule is Cn1cc(-c2cn3ncc(C(=O)Cl)c3s2)cn1. The Labute approximate surface area is 105 Å². The first kappa shape index (κ1) is 10.5. The Bertz CT molecular complexity index is 711. The van der Waals surface area contributed by atoms with E-state index in [9.17, 15) is 4.79 Å². The number of nitrogens with zero attached hydrogens (tertiary/aromatic N) is 4. The van der Waals surface area contributed by atoms with E-state index in [4.69, 9.17) is 11.6 Å². The van der Waals surface area contributed by atoms with Gasteiger partial charge in [-0.05, 0) is 11.6 Å². The maximum atomic E-state index is 11.2. The molecular weight excluding hydrogens is 260 g/mol. The van der Waals surface area contributed by atoms with Gasteiger partial charge in [0, 0.05) is 25.0 Å². The number of hydrogen-bond donors (Lipinski definition) is 0. The number of carbonyl (C=O) groups is 1. The van der Waals surface area contributed by atoms with Crippen molar-refractivity contribution in [2.24, 2.45) is 7.05 Å². The molecule has 0 amide bonds. The minimum absolute atomic E-state index is 0.437. The van der Waals surface area contributed by atoms with Crippen LogP contribution in [0.25, 0.3) is 15.3 Å². The van der Waals surface area contributed by atoms with Crippen LogP contribution in [0.15, 0.2) is 24.8 Å². The third-order valence-corrected chi connectivity index (χ3v) is 3.76. The van der Waals surface area contributed by atoms with Crippen LogP contribution in [0.1, 0.15) is 10.4 Å². The molecule has 0 bridgehead atoms. The van der Waals surface area contributed by atoms with E-state index >= 15 is 0 Å². The number of thiazole rings is 1. The summed E-state index contributed by atoms with van der Waals surface area (Å²) < 4.78 is 3.38. The first-order chi connectivity index (χ1) is 8.15. The first-order valence-electron chi connectivity index (χ1n) is 4.81. The molecule has 3 heterocycles. The molecule has 0 unspecified atom stereocenters. The van der Waals surface area contributed by atoms with Gasteiger partial charge >= 0.3 is 0 Å². The Morgan fingerprint density at radius 1 is 1.35 bits per heavy atom. The molecule has 0 fully saturated rings. The summed E-state index contributed by atoms with van der Waals surface area (Å²) in [6.07, 6.45) is 7.02. The quantitative estimate of drug-likeness (QED) is 0.668. The Morgan fingerprint density at radius 2 is 2.18 bits per heavy atom. The highest BCUT2D eigenvalue weighted by Gasteiger charge is 2.14. The van der Waals surface area contributed by atoms with Crippen molar-refractivity contribution in [2.45, 2.75) is 0 Å². The van der Waals surface area contributed by atoms with Crippen LogP contribution < -0.4 is 0 Å². The van der Waals surface area contributed by atoms with Gasteiger partial charge in [0.1, 0.15) is 4.83 Å². The monoisotopic (exact) mass is 266 g/mol. The summed E-state index contributed by atoms with van der Waals surface area (Å²) in [6.45, 7) is 0. The largest absolute Gasteiger partial charge is 0.275 e. The van der Waals surface area contributed by atoms with Crippen LogP contribution in [-0.4, -0.2) is 24.6 Å². The summed E-state index contributed by atoms with van der Waals surface area (Å²) in [4.78, 5) is 12.9. The molecule has 3 aromatic heterocycles. The van der Waals surface area contributed by atoms with Gasteiger partial charge in [-0.1, -0.05) is 0 Å². The molecule has 3 aromatic rings. The summed E-state index contributed by atoms with van der Waals surface area (Å²) in [6, 6.07) is 0. The van der Waals surface area contributed by atoms with Gasteiger partial charge in [0.15, 0.2) is 0 Å². The maximum Gasteiger partial charge on any atom is 0.257 e. The Kier molecular flexibility index (Phi) is 2.27. The fourth-order valence-corrected chi connectivity index (χ4v) is 2.83. The third kappa shape index (κ3) is 1.65. The van der Waals surface area contributed by atoms with Crippen LogP contribution in [0.2, 0.25) is 0 Å². The van der Waals surface area contributed by atoms with Crippen LogP contribution in [0.3, 0.4) is 0 Å². The molecule has 0 aliphatic carbocycles. The van der Waals surface area contributed by atoms with Crippen molar-refractivity contribution in [3.8, 4) is 10.4 Å². The molecule has 17 heavy (non-hydrogen) atoms. The van der Waals surface area contributed by atoms with Gasteiger partial charge in [-0.3, -0.25) is 9.48 Å². The predicted octanol–water partition coefficient (Wildman–Crippen LogP) is 2.18. The Hall–Kier alpha value is -1.66. The van der Waals surface area contributed by atoms with Crippen LogP contribution in [0.5, 0.6) is 0 Å². The Morgan fingerprint density at radius 3 is 2.82 bits per heavy atom. The zero-order valence-corrected chi connectivity index (χ0v) is 10.4. The molecule has 0 saturated carbocycles. The second-order valence-corrected chi connectivity index (χ2v) is 4.95. The van der Waals surface area contributed by atoms with E-state index in [0.29, 0.717) is 5.56 Å². The van der Waals surface area contributed by atoms with Gasteiger partial charge in [-0.25, -0.2) is 4.52 Å². The van der Waals surface area contributed by atoms with Crippen molar-refractivity contribution in [2.75, 3.05) is 0 Å². The average Bonchev–Trinajstić information content (AvgIpc) is 2.89. The van der Waals surface area contributed by atoms with E-state index in [1.165, 1.54) is 17.5 Å².